The van der Waals surface area contributed by atoms with Crippen molar-refractivity contribution in [2.75, 3.05) is 7.11 Å². The standard InChI is InChI=1S/C21H26N4O/c1-5-18-24-20-17(16-9-10-19(26-4)23-13(16)2)11-12-22-21(20)25(18)14(3)15-7-6-8-15/h9-12,14-15H,5-8H2,1-4H3. The number of methoxy groups -OCH3 is 1. The van der Waals surface area contributed by atoms with Crippen molar-refractivity contribution in [2.45, 2.75) is 52.5 Å². The number of aromatic nitrogens is 4. The lowest BCUT2D eigenvalue weighted by Gasteiger charge is -2.33. The normalized spacial score (nSPS) is 15.8. The maximum absolute atomic E-state index is 5.25. The molecule has 3 aromatic heterocycles. The van der Waals surface area contributed by atoms with Gasteiger partial charge in [-0.05, 0) is 44.7 Å². The number of imidazole rings is 1. The minimum absolute atomic E-state index is 0.446. The number of nitrogens with zero attached hydrogens (tertiary/aromatic N) is 4. The average molecular weight is 350 g/mol. The molecule has 0 bridgehead atoms. The van der Waals surface area contributed by atoms with Crippen molar-refractivity contribution in [2.24, 2.45) is 5.92 Å². The summed E-state index contributed by atoms with van der Waals surface area (Å²) in [7, 11) is 1.64. The van der Waals surface area contributed by atoms with E-state index in [1.54, 1.807) is 7.11 Å². The second-order valence-electron chi connectivity index (χ2n) is 7.20. The molecule has 1 aliphatic carbocycles. The first-order valence-electron chi connectivity index (χ1n) is 9.51. The summed E-state index contributed by atoms with van der Waals surface area (Å²) in [5.41, 5.74) is 5.09. The summed E-state index contributed by atoms with van der Waals surface area (Å²) in [6, 6.07) is 6.46. The molecule has 5 nitrogen and oxygen atoms in total. The molecule has 0 saturated heterocycles. The van der Waals surface area contributed by atoms with Crippen molar-refractivity contribution in [1.82, 2.24) is 19.5 Å². The van der Waals surface area contributed by atoms with Crippen LogP contribution in [0.15, 0.2) is 24.4 Å². The zero-order chi connectivity index (χ0) is 18.3. The summed E-state index contributed by atoms with van der Waals surface area (Å²) >= 11 is 0. The van der Waals surface area contributed by atoms with E-state index in [-0.39, 0.29) is 0 Å². The third-order valence-electron chi connectivity index (χ3n) is 5.77. The van der Waals surface area contributed by atoms with Gasteiger partial charge in [0.25, 0.3) is 0 Å². The third kappa shape index (κ3) is 2.66. The van der Waals surface area contributed by atoms with Gasteiger partial charge in [0.2, 0.25) is 5.88 Å². The molecule has 26 heavy (non-hydrogen) atoms. The van der Waals surface area contributed by atoms with E-state index < -0.39 is 0 Å². The van der Waals surface area contributed by atoms with Crippen LogP contribution in [0.2, 0.25) is 0 Å². The molecule has 1 aliphatic rings. The first kappa shape index (κ1) is 17.0. The summed E-state index contributed by atoms with van der Waals surface area (Å²) in [5.74, 6) is 2.50. The Kier molecular flexibility index (Phi) is 4.39. The van der Waals surface area contributed by atoms with Crippen LogP contribution in [0.3, 0.4) is 0 Å². The van der Waals surface area contributed by atoms with Crippen LogP contribution < -0.4 is 4.74 Å². The molecule has 1 saturated carbocycles. The second kappa shape index (κ2) is 6.71. The third-order valence-corrected chi connectivity index (χ3v) is 5.77. The first-order chi connectivity index (χ1) is 12.6. The topological polar surface area (TPSA) is 52.8 Å². The molecule has 0 amide bonds. The molecule has 0 N–H and O–H groups in total. The van der Waals surface area contributed by atoms with Gasteiger partial charge in [-0.3, -0.25) is 0 Å². The fourth-order valence-corrected chi connectivity index (χ4v) is 4.00. The Hall–Kier alpha value is -2.43. The van der Waals surface area contributed by atoms with E-state index in [9.17, 15) is 0 Å². The number of aryl methyl sites for hydroxylation is 2. The second-order valence-corrected chi connectivity index (χ2v) is 7.20. The van der Waals surface area contributed by atoms with Crippen LogP contribution in [-0.2, 0) is 6.42 Å². The van der Waals surface area contributed by atoms with Gasteiger partial charge in [0.1, 0.15) is 11.3 Å². The molecule has 0 aliphatic heterocycles. The molecule has 0 radical (unpaired) electrons. The van der Waals surface area contributed by atoms with E-state index in [1.165, 1.54) is 19.3 Å². The lowest BCUT2D eigenvalue weighted by Crippen LogP contribution is -2.24. The number of hydrogen-bond donors (Lipinski definition) is 0. The predicted octanol–water partition coefficient (Wildman–Crippen LogP) is 4.73. The van der Waals surface area contributed by atoms with Gasteiger partial charge in [-0.1, -0.05) is 13.3 Å². The molecule has 4 rings (SSSR count). The zero-order valence-electron chi connectivity index (χ0n) is 16.0. The van der Waals surface area contributed by atoms with E-state index in [1.807, 2.05) is 25.3 Å². The molecule has 1 fully saturated rings. The Morgan fingerprint density at radius 2 is 2.00 bits per heavy atom. The van der Waals surface area contributed by atoms with Gasteiger partial charge in [-0.15, -0.1) is 0 Å². The highest BCUT2D eigenvalue weighted by Crippen LogP contribution is 2.39. The fourth-order valence-electron chi connectivity index (χ4n) is 4.00. The van der Waals surface area contributed by atoms with Crippen molar-refractivity contribution in [3.05, 3.63) is 35.9 Å². The van der Waals surface area contributed by atoms with Gasteiger partial charge < -0.3 is 9.30 Å². The Bertz CT molecular complexity index is 943. The SMILES string of the molecule is CCc1nc2c(-c3ccc(OC)nc3C)ccnc2n1C(C)C1CCC1. The lowest BCUT2D eigenvalue weighted by molar-refractivity contribution is 0.222. The minimum Gasteiger partial charge on any atom is -0.481 e. The number of fused-ring (bicyclic) bond motifs is 1. The van der Waals surface area contributed by atoms with Crippen LogP contribution in [-0.4, -0.2) is 26.6 Å². The van der Waals surface area contributed by atoms with Gasteiger partial charge in [-0.25, -0.2) is 15.0 Å². The summed E-state index contributed by atoms with van der Waals surface area (Å²) in [5, 5.41) is 0. The number of pyridine rings is 2. The highest BCUT2D eigenvalue weighted by molar-refractivity contribution is 5.91. The highest BCUT2D eigenvalue weighted by Gasteiger charge is 2.28. The van der Waals surface area contributed by atoms with E-state index in [0.717, 1.165) is 46.1 Å². The summed E-state index contributed by atoms with van der Waals surface area (Å²) in [6.07, 6.45) is 6.77. The molecular weight excluding hydrogens is 324 g/mol. The van der Waals surface area contributed by atoms with E-state index in [4.69, 9.17) is 14.7 Å². The van der Waals surface area contributed by atoms with Crippen LogP contribution in [0.4, 0.5) is 0 Å². The van der Waals surface area contributed by atoms with Gasteiger partial charge >= 0.3 is 0 Å². The molecule has 3 aromatic rings. The molecule has 1 atom stereocenters. The minimum atomic E-state index is 0.446. The molecule has 1 unspecified atom stereocenters. The maximum Gasteiger partial charge on any atom is 0.213 e. The molecule has 0 spiro atoms. The Balaban J connectivity index is 1.88. The molecular formula is C21H26N4O. The smallest absolute Gasteiger partial charge is 0.213 e. The van der Waals surface area contributed by atoms with Gasteiger partial charge in [0.05, 0.1) is 7.11 Å². The summed E-state index contributed by atoms with van der Waals surface area (Å²) in [6.45, 7) is 6.50. The van der Waals surface area contributed by atoms with E-state index in [2.05, 4.69) is 29.5 Å². The molecule has 136 valence electrons. The van der Waals surface area contributed by atoms with Crippen molar-refractivity contribution < 1.29 is 4.74 Å². The van der Waals surface area contributed by atoms with E-state index in [0.29, 0.717) is 11.9 Å². The quantitative estimate of drug-likeness (QED) is 0.667. The summed E-state index contributed by atoms with van der Waals surface area (Å²) in [4.78, 5) is 14.2. The number of hydrogen-bond acceptors (Lipinski definition) is 4. The predicted molar refractivity (Wildman–Crippen MR) is 103 cm³/mol. The van der Waals surface area contributed by atoms with E-state index >= 15 is 0 Å². The van der Waals surface area contributed by atoms with Crippen LogP contribution in [0, 0.1) is 12.8 Å². The largest absolute Gasteiger partial charge is 0.481 e. The van der Waals surface area contributed by atoms with Crippen LogP contribution >= 0.6 is 0 Å². The van der Waals surface area contributed by atoms with Gasteiger partial charge in [-0.2, -0.15) is 0 Å². The van der Waals surface area contributed by atoms with Crippen LogP contribution in [0.25, 0.3) is 22.3 Å². The van der Waals surface area contributed by atoms with Crippen molar-refractivity contribution in [3.63, 3.8) is 0 Å². The van der Waals surface area contributed by atoms with Gasteiger partial charge in [0, 0.05) is 41.5 Å². The highest BCUT2D eigenvalue weighted by atomic mass is 16.5. The number of ether oxygens (including phenoxy) is 1. The average Bonchev–Trinajstić information content (AvgIpc) is 2.98. The molecule has 0 aromatic carbocycles. The lowest BCUT2D eigenvalue weighted by atomic mass is 9.80. The van der Waals surface area contributed by atoms with Crippen molar-refractivity contribution in [1.29, 1.82) is 0 Å². The number of rotatable bonds is 5. The Morgan fingerprint density at radius 3 is 2.62 bits per heavy atom. The molecule has 3 heterocycles. The fraction of sp³-hybridized carbons (Fsp3) is 0.476. The zero-order valence-corrected chi connectivity index (χ0v) is 16.0. The van der Waals surface area contributed by atoms with Crippen molar-refractivity contribution >= 4 is 11.2 Å². The Labute approximate surface area is 154 Å². The van der Waals surface area contributed by atoms with Crippen molar-refractivity contribution in [3.8, 4) is 17.0 Å². The van der Waals surface area contributed by atoms with Crippen LogP contribution in [0.1, 0.15) is 50.7 Å². The Morgan fingerprint density at radius 1 is 1.19 bits per heavy atom. The first-order valence-corrected chi connectivity index (χ1v) is 9.51. The molecule has 5 heteroatoms. The summed E-state index contributed by atoms with van der Waals surface area (Å²) < 4.78 is 7.62. The maximum atomic E-state index is 5.25. The van der Waals surface area contributed by atoms with Gasteiger partial charge in [0.15, 0.2) is 5.65 Å². The monoisotopic (exact) mass is 350 g/mol. The van der Waals surface area contributed by atoms with Crippen LogP contribution in [0.5, 0.6) is 5.88 Å².